The number of hydrogen-bond donors (Lipinski definition) is 12. The van der Waals surface area contributed by atoms with E-state index in [9.17, 15) is 24.6 Å². The van der Waals surface area contributed by atoms with Gasteiger partial charge in [0.25, 0.3) is 0 Å². The number of aromatic amines is 2. The Morgan fingerprint density at radius 3 is 1.20 bits per heavy atom. The first-order valence-corrected chi connectivity index (χ1v) is 46.0. The first-order valence-electron chi connectivity index (χ1n) is 46.0. The lowest BCUT2D eigenvalue weighted by Crippen LogP contribution is -2.45. The molecule has 0 saturated carbocycles. The van der Waals surface area contributed by atoms with E-state index in [0.717, 1.165) is 101 Å². The SMILES string of the molecule is CC(C)(C)Oc1ccc(N2CC(=O)C(=C3Cc4ccccc4N3)C2=N)cc1.CC(C)(C)c1ccc(N2CC(=O)C(=C3Cc4ccccc4N3)C2=N)cc1.CCC1(C)C(O)=C(c2nc3ccccc3[nH]2)C(=N)N1c1cc(OC)cc(OC)c1.CCC1C(O)=C(c2nc3ccccc3[nH]2)C(=N)N1c1cc(OC)cc(OC)c1.COc1ccc(C(C)(C)C)c(N2CC(=O)C(=C3Cc4ccccc4N3)C2=N)c1. The molecule has 28 nitrogen and oxygen atoms in total. The number of para-hydroxylation sites is 7. The second kappa shape index (κ2) is 38.4. The summed E-state index contributed by atoms with van der Waals surface area (Å²) < 4.78 is 32.8. The first kappa shape index (κ1) is 95.2. The predicted octanol–water partition coefficient (Wildman–Crippen LogP) is 21.3. The highest BCUT2D eigenvalue weighted by molar-refractivity contribution is 6.36. The molecule has 2 atom stereocenters. The zero-order valence-corrected chi connectivity index (χ0v) is 80.8. The number of aliphatic hydroxyl groups is 2. The number of imidazole rings is 2. The minimum Gasteiger partial charge on any atom is -0.509 e. The molecule has 0 radical (unpaired) electrons. The van der Waals surface area contributed by atoms with Crippen LogP contribution in [0, 0.1) is 27.0 Å². The van der Waals surface area contributed by atoms with Crippen molar-refractivity contribution in [2.24, 2.45) is 0 Å². The molecule has 3 fully saturated rings. The monoisotopic (exact) mass is 1850 g/mol. The molecular formula is C110H117N17O11. The molecule has 0 aliphatic carbocycles. The summed E-state index contributed by atoms with van der Waals surface area (Å²) in [6.07, 6.45) is 3.20. The summed E-state index contributed by atoms with van der Waals surface area (Å²) in [5.74, 6) is 6.26. The average molecular weight is 1850 g/mol. The number of aliphatic hydroxyl groups excluding tert-OH is 2. The van der Waals surface area contributed by atoms with Crippen molar-refractivity contribution in [1.29, 1.82) is 27.0 Å². The Kier molecular flexibility index (Phi) is 26.5. The quantitative estimate of drug-likeness (QED) is 0.0424. The molecule has 708 valence electrons. The van der Waals surface area contributed by atoms with Gasteiger partial charge in [-0.25, -0.2) is 9.97 Å². The van der Waals surface area contributed by atoms with Crippen LogP contribution < -0.4 is 68.9 Å². The fourth-order valence-electron chi connectivity index (χ4n) is 18.4. The van der Waals surface area contributed by atoms with Crippen LogP contribution in [-0.2, 0) is 44.5 Å². The number of anilines is 8. The van der Waals surface area contributed by atoms with Gasteiger partial charge in [0.15, 0.2) is 17.3 Å². The summed E-state index contributed by atoms with van der Waals surface area (Å²) in [7, 11) is 7.97. The molecule has 0 bridgehead atoms. The van der Waals surface area contributed by atoms with Crippen molar-refractivity contribution in [3.8, 4) is 34.5 Å². The third-order valence-corrected chi connectivity index (χ3v) is 25.7. The lowest BCUT2D eigenvalue weighted by molar-refractivity contribution is -0.114. The highest BCUT2D eigenvalue weighted by Gasteiger charge is 2.49. The number of Topliss-reactive ketones (excluding diaryl/α,β-unsaturated/α-hetero) is 3. The molecule has 0 amide bonds. The molecule has 10 aromatic carbocycles. The second-order valence-electron chi connectivity index (χ2n) is 37.9. The number of hydrogen-bond acceptors (Lipinski definition) is 21. The zero-order valence-electron chi connectivity index (χ0n) is 80.8. The molecular weight excluding hydrogens is 1740 g/mol. The molecule has 20 rings (SSSR count). The van der Waals surface area contributed by atoms with E-state index in [4.69, 9.17) is 55.5 Å². The van der Waals surface area contributed by atoms with Crippen molar-refractivity contribution in [2.75, 3.05) is 95.6 Å². The van der Waals surface area contributed by atoms with E-state index in [1.165, 1.54) is 11.1 Å². The van der Waals surface area contributed by atoms with Gasteiger partial charge in [-0.1, -0.05) is 152 Å². The number of methoxy groups -OCH3 is 5. The number of fused-ring (bicyclic) bond motifs is 5. The van der Waals surface area contributed by atoms with Crippen LogP contribution in [0.3, 0.4) is 0 Å². The van der Waals surface area contributed by atoms with E-state index in [2.05, 4.69) is 102 Å². The van der Waals surface area contributed by atoms with Gasteiger partial charge in [0.1, 0.15) is 98.0 Å². The lowest BCUT2D eigenvalue weighted by Gasteiger charge is -2.36. The topological polar surface area (TPSA) is 376 Å². The fraction of sp³-hybridized carbons (Fsp3) is 0.273. The van der Waals surface area contributed by atoms with E-state index in [1.807, 2.05) is 230 Å². The molecule has 8 aliphatic rings. The number of H-pyrrole nitrogens is 2. The Balaban J connectivity index is 0.000000125. The maximum atomic E-state index is 12.9. The Hall–Kier alpha value is -16.0. The van der Waals surface area contributed by atoms with Crippen LogP contribution in [0.5, 0.6) is 34.5 Å². The minimum absolute atomic E-state index is 0.00482. The number of rotatable bonds is 15. The van der Waals surface area contributed by atoms with E-state index in [1.54, 1.807) is 72.2 Å². The van der Waals surface area contributed by atoms with E-state index in [0.29, 0.717) is 106 Å². The van der Waals surface area contributed by atoms with Crippen LogP contribution in [0.15, 0.2) is 270 Å². The van der Waals surface area contributed by atoms with Gasteiger partial charge in [0.2, 0.25) is 0 Å². The number of ether oxygens (including phenoxy) is 6. The van der Waals surface area contributed by atoms with Crippen molar-refractivity contribution >= 4 is 125 Å². The number of ketones is 3. The third-order valence-electron chi connectivity index (χ3n) is 25.7. The van der Waals surface area contributed by atoms with Gasteiger partial charge in [0, 0.05) is 107 Å². The molecule has 0 spiro atoms. The van der Waals surface area contributed by atoms with Crippen molar-refractivity contribution in [1.82, 2.24) is 19.9 Å². The van der Waals surface area contributed by atoms with Gasteiger partial charge in [-0.2, -0.15) is 0 Å². The summed E-state index contributed by atoms with van der Waals surface area (Å²) >= 11 is 0. The Bertz CT molecular complexity index is 6860. The highest BCUT2D eigenvalue weighted by atomic mass is 16.5. The molecule has 2 aromatic heterocycles. The summed E-state index contributed by atoms with van der Waals surface area (Å²) in [5, 5.41) is 75.8. The maximum Gasteiger partial charge on any atom is 0.188 e. The van der Waals surface area contributed by atoms with Crippen LogP contribution in [0.2, 0.25) is 0 Å². The molecule has 28 heteroatoms. The van der Waals surface area contributed by atoms with Gasteiger partial charge >= 0.3 is 0 Å². The second-order valence-corrected chi connectivity index (χ2v) is 37.9. The van der Waals surface area contributed by atoms with Crippen molar-refractivity contribution in [3.63, 3.8) is 0 Å². The third kappa shape index (κ3) is 18.9. The van der Waals surface area contributed by atoms with Gasteiger partial charge in [-0.3, -0.25) is 41.4 Å². The van der Waals surface area contributed by atoms with E-state index < -0.39 is 5.54 Å². The molecule has 3 saturated heterocycles. The zero-order chi connectivity index (χ0) is 98.3. The van der Waals surface area contributed by atoms with Crippen molar-refractivity contribution in [3.05, 3.63) is 309 Å². The Morgan fingerprint density at radius 1 is 0.413 bits per heavy atom. The summed E-state index contributed by atoms with van der Waals surface area (Å²) in [4.78, 5) is 62.8. The lowest BCUT2D eigenvalue weighted by atomic mass is 9.85. The van der Waals surface area contributed by atoms with Crippen molar-refractivity contribution < 1.29 is 53.0 Å². The molecule has 8 aliphatic heterocycles. The van der Waals surface area contributed by atoms with Gasteiger partial charge in [-0.15, -0.1) is 0 Å². The van der Waals surface area contributed by atoms with Crippen LogP contribution in [0.4, 0.5) is 45.5 Å². The smallest absolute Gasteiger partial charge is 0.188 e. The standard InChI is InChI=1S/C23H25N3O2.C22H24N4O3.C22H23N3O2.C22H23N3O.C21H22N4O3/c1-23(2,3)16-10-9-15(28-4)12-19(16)26-13-20(27)21(22(26)24)18-11-14-7-5-6-8-17(14)25-18;1-5-22(2)19(27)18(21-24-16-8-6-7-9-17(16)25-21)20(23)26(22)13-10-14(28-3)12-15(11-13)29-4;1-22(2,3)27-16-10-8-15(9-11-16)25-13-19(26)20(21(25)23)18-12-14-6-4-5-7-17(14)24-18;1-22(2,3)15-8-10-16(11-9-15)25-13-19(26)20(21(25)23)18-12-14-6-4-5-7-17(14)24-18;1-4-17-19(26)18(21-23-15-7-5-6-8-16(15)24-21)20(22)25(17)12-9-13(27-2)11-14(10-12)28-3/h5-10,12,24-25H,11,13H2,1-4H3;6-12,23,27H,5H2,1-4H3,(H,24,25);4-11,23-24H,12-13H2,1-3H3;4-11,23-24H,12-13H2,1-3H3;5-11,17,22,26H,4H2,1-3H3,(H,23,24). The van der Waals surface area contributed by atoms with Gasteiger partial charge < -0.3 is 89.1 Å². The largest absolute Gasteiger partial charge is 0.509 e. The van der Waals surface area contributed by atoms with Crippen LogP contribution in [0.25, 0.3) is 33.2 Å². The number of nitrogens with zero attached hydrogens (tertiary/aromatic N) is 7. The molecule has 138 heavy (non-hydrogen) atoms. The number of aromatic nitrogens is 4. The molecule has 2 unspecified atom stereocenters. The highest BCUT2D eigenvalue weighted by Crippen LogP contribution is 2.48. The summed E-state index contributed by atoms with van der Waals surface area (Å²) in [6, 6.07) is 71.5. The number of amidine groups is 5. The van der Waals surface area contributed by atoms with E-state index in [-0.39, 0.29) is 100 Å². The van der Waals surface area contributed by atoms with Crippen molar-refractivity contribution in [2.45, 2.75) is 143 Å². The molecule has 10 heterocycles. The summed E-state index contributed by atoms with van der Waals surface area (Å²) in [5.41, 5.74) is 19.8. The number of benzene rings is 10. The first-order chi connectivity index (χ1) is 65.9. The summed E-state index contributed by atoms with van der Waals surface area (Å²) in [6.45, 7) is 25.4. The van der Waals surface area contributed by atoms with Gasteiger partial charge in [-0.05, 0) is 164 Å². The van der Waals surface area contributed by atoms with Crippen LogP contribution in [-0.4, -0.2) is 149 Å². The van der Waals surface area contributed by atoms with Crippen LogP contribution in [0.1, 0.15) is 135 Å². The molecule has 12 aromatic rings. The predicted molar refractivity (Wildman–Crippen MR) is 550 cm³/mol. The normalized spacial score (nSPS) is 18.8. The van der Waals surface area contributed by atoms with Gasteiger partial charge in [0.05, 0.1) is 128 Å². The molecule has 12 N–H and O–H groups in total. The number of allylic oxidation sites excluding steroid dienone is 3. The number of carbonyl (C=O) groups excluding carboxylic acids is 3. The number of carbonyl (C=O) groups is 3. The maximum absolute atomic E-state index is 12.9. The van der Waals surface area contributed by atoms with E-state index >= 15 is 0 Å². The fourth-order valence-corrected chi connectivity index (χ4v) is 18.4. The van der Waals surface area contributed by atoms with Crippen LogP contribution >= 0.6 is 0 Å². The minimum atomic E-state index is -0.803. The Labute approximate surface area is 803 Å². The number of nitrogens with one attached hydrogen (secondary N) is 10. The Morgan fingerprint density at radius 2 is 0.804 bits per heavy atom. The average Bonchev–Trinajstić information content (AvgIpc) is 1.56.